The van der Waals surface area contributed by atoms with Crippen LogP contribution in [0.1, 0.15) is 16.1 Å². The topological polar surface area (TPSA) is 59.2 Å². The van der Waals surface area contributed by atoms with Gasteiger partial charge in [0.25, 0.3) is 5.91 Å². The normalized spacial score (nSPS) is 10.2. The van der Waals surface area contributed by atoms with Gasteiger partial charge in [0.2, 0.25) is 0 Å². The van der Waals surface area contributed by atoms with Crippen LogP contribution in [0.3, 0.4) is 0 Å². The number of anilines is 1. The van der Waals surface area contributed by atoms with Gasteiger partial charge in [0.15, 0.2) is 5.69 Å². The van der Waals surface area contributed by atoms with Crippen molar-refractivity contribution in [2.45, 2.75) is 6.54 Å². The number of carbonyl (C=O) groups is 1. The van der Waals surface area contributed by atoms with Crippen molar-refractivity contribution in [1.82, 2.24) is 9.88 Å². The van der Waals surface area contributed by atoms with Crippen molar-refractivity contribution in [3.05, 3.63) is 59.7 Å². The predicted octanol–water partition coefficient (Wildman–Crippen LogP) is 2.08. The Labute approximate surface area is 110 Å². The van der Waals surface area contributed by atoms with E-state index in [1.807, 2.05) is 0 Å². The Bertz CT molecular complexity index is 601. The highest BCUT2D eigenvalue weighted by atomic mass is 19.1. The molecule has 0 saturated carbocycles. The van der Waals surface area contributed by atoms with Gasteiger partial charge in [-0.05, 0) is 29.8 Å². The maximum Gasteiger partial charge on any atom is 0.274 e. The zero-order valence-electron chi connectivity index (χ0n) is 10.5. The van der Waals surface area contributed by atoms with E-state index in [0.29, 0.717) is 17.8 Å². The largest absolute Gasteiger partial charge is 0.397 e. The Morgan fingerprint density at radius 2 is 2.16 bits per heavy atom. The highest BCUT2D eigenvalue weighted by Crippen LogP contribution is 2.12. The molecule has 0 radical (unpaired) electrons. The van der Waals surface area contributed by atoms with Crippen LogP contribution < -0.4 is 5.73 Å². The number of carbonyl (C=O) groups excluding carboxylic acids is 1. The van der Waals surface area contributed by atoms with Crippen LogP contribution in [0.2, 0.25) is 0 Å². The number of aromatic nitrogens is 1. The first-order valence-electron chi connectivity index (χ1n) is 5.78. The summed E-state index contributed by atoms with van der Waals surface area (Å²) in [5.74, 6) is -0.613. The van der Waals surface area contributed by atoms with Gasteiger partial charge in [-0.3, -0.25) is 4.79 Å². The Balaban J connectivity index is 2.14. The SMILES string of the molecule is CN(Cc1cccc(F)c1)C(=O)c1ncccc1N. The Hall–Kier alpha value is -2.43. The molecule has 1 aromatic heterocycles. The number of nitrogens with two attached hydrogens (primary N) is 1. The average molecular weight is 259 g/mol. The van der Waals surface area contributed by atoms with Crippen molar-refractivity contribution < 1.29 is 9.18 Å². The van der Waals surface area contributed by atoms with Crippen LogP contribution in [0, 0.1) is 5.82 Å². The fourth-order valence-electron chi connectivity index (χ4n) is 1.76. The van der Waals surface area contributed by atoms with E-state index in [0.717, 1.165) is 0 Å². The molecule has 5 heteroatoms. The van der Waals surface area contributed by atoms with E-state index < -0.39 is 0 Å². The van der Waals surface area contributed by atoms with Gasteiger partial charge in [-0.2, -0.15) is 0 Å². The molecule has 0 aliphatic carbocycles. The lowest BCUT2D eigenvalue weighted by atomic mass is 10.2. The zero-order valence-corrected chi connectivity index (χ0v) is 10.5. The smallest absolute Gasteiger partial charge is 0.274 e. The number of hydrogen-bond donors (Lipinski definition) is 1. The molecule has 1 amide bonds. The van der Waals surface area contributed by atoms with Gasteiger partial charge in [0.1, 0.15) is 5.82 Å². The summed E-state index contributed by atoms with van der Waals surface area (Å²) < 4.78 is 13.1. The standard InChI is InChI=1S/C14H14FN3O/c1-18(9-10-4-2-5-11(15)8-10)14(19)13-12(16)6-3-7-17-13/h2-8H,9,16H2,1H3. The lowest BCUT2D eigenvalue weighted by Gasteiger charge is -2.17. The first kappa shape index (κ1) is 13.0. The molecule has 0 bridgehead atoms. The number of pyridine rings is 1. The molecule has 0 fully saturated rings. The number of rotatable bonds is 3. The third-order valence-electron chi connectivity index (χ3n) is 2.70. The molecule has 0 unspecified atom stereocenters. The summed E-state index contributed by atoms with van der Waals surface area (Å²) in [6.07, 6.45) is 1.51. The second-order valence-corrected chi connectivity index (χ2v) is 4.23. The van der Waals surface area contributed by atoms with Crippen LogP contribution in [0.25, 0.3) is 0 Å². The van der Waals surface area contributed by atoms with Crippen LogP contribution in [0.5, 0.6) is 0 Å². The van der Waals surface area contributed by atoms with E-state index in [1.54, 1.807) is 31.3 Å². The second kappa shape index (κ2) is 5.48. The molecule has 1 aromatic carbocycles. The van der Waals surface area contributed by atoms with Gasteiger partial charge < -0.3 is 10.6 Å². The summed E-state index contributed by atoms with van der Waals surface area (Å²) in [5, 5.41) is 0. The molecule has 0 saturated heterocycles. The molecule has 19 heavy (non-hydrogen) atoms. The predicted molar refractivity (Wildman–Crippen MR) is 70.8 cm³/mol. The minimum Gasteiger partial charge on any atom is -0.397 e. The summed E-state index contributed by atoms with van der Waals surface area (Å²) in [6, 6.07) is 9.41. The summed E-state index contributed by atoms with van der Waals surface area (Å²) in [5.41, 5.74) is 6.96. The Kier molecular flexibility index (Phi) is 3.75. The van der Waals surface area contributed by atoms with Crippen LogP contribution in [0.4, 0.5) is 10.1 Å². The number of hydrogen-bond acceptors (Lipinski definition) is 3. The number of benzene rings is 1. The minimum atomic E-state index is -0.323. The fourth-order valence-corrected chi connectivity index (χ4v) is 1.76. The van der Waals surface area contributed by atoms with Crippen LogP contribution >= 0.6 is 0 Å². The maximum atomic E-state index is 13.1. The minimum absolute atomic E-state index is 0.210. The van der Waals surface area contributed by atoms with Crippen molar-refractivity contribution >= 4 is 11.6 Å². The third-order valence-corrected chi connectivity index (χ3v) is 2.70. The van der Waals surface area contributed by atoms with E-state index in [4.69, 9.17) is 5.73 Å². The van der Waals surface area contributed by atoms with Crippen molar-refractivity contribution in [2.75, 3.05) is 12.8 Å². The molecule has 0 atom stereocenters. The summed E-state index contributed by atoms with van der Waals surface area (Å²) in [4.78, 5) is 17.6. The number of nitrogens with zero attached hydrogens (tertiary/aromatic N) is 2. The maximum absolute atomic E-state index is 13.1. The highest BCUT2D eigenvalue weighted by molar-refractivity contribution is 5.96. The van der Waals surface area contributed by atoms with E-state index in [-0.39, 0.29) is 17.4 Å². The molecule has 0 aliphatic heterocycles. The Morgan fingerprint density at radius 1 is 1.37 bits per heavy atom. The van der Waals surface area contributed by atoms with E-state index in [9.17, 15) is 9.18 Å². The number of amides is 1. The first-order valence-corrected chi connectivity index (χ1v) is 5.78. The molecule has 2 N–H and O–H groups in total. The van der Waals surface area contributed by atoms with E-state index in [1.165, 1.54) is 23.2 Å². The lowest BCUT2D eigenvalue weighted by molar-refractivity contribution is 0.0780. The second-order valence-electron chi connectivity index (χ2n) is 4.23. The van der Waals surface area contributed by atoms with Gasteiger partial charge >= 0.3 is 0 Å². The summed E-state index contributed by atoms with van der Waals surface area (Å²) in [6.45, 7) is 0.298. The molecule has 0 aliphatic rings. The third kappa shape index (κ3) is 3.07. The quantitative estimate of drug-likeness (QED) is 0.918. The van der Waals surface area contributed by atoms with Crippen LogP contribution in [0.15, 0.2) is 42.6 Å². The molecule has 1 heterocycles. The van der Waals surface area contributed by atoms with Gasteiger partial charge in [0.05, 0.1) is 5.69 Å². The molecule has 0 spiro atoms. The van der Waals surface area contributed by atoms with E-state index in [2.05, 4.69) is 4.98 Å². The van der Waals surface area contributed by atoms with Gasteiger partial charge in [-0.25, -0.2) is 9.37 Å². The molecular weight excluding hydrogens is 245 g/mol. The molecule has 2 rings (SSSR count). The average Bonchev–Trinajstić information content (AvgIpc) is 2.38. The molecule has 98 valence electrons. The van der Waals surface area contributed by atoms with Crippen LogP contribution in [-0.4, -0.2) is 22.8 Å². The van der Waals surface area contributed by atoms with Gasteiger partial charge in [-0.15, -0.1) is 0 Å². The first-order chi connectivity index (χ1) is 9.08. The van der Waals surface area contributed by atoms with Crippen LogP contribution in [-0.2, 0) is 6.54 Å². The fraction of sp³-hybridized carbons (Fsp3) is 0.143. The molecule has 2 aromatic rings. The number of halogens is 1. The van der Waals surface area contributed by atoms with Crippen molar-refractivity contribution in [3.8, 4) is 0 Å². The Morgan fingerprint density at radius 3 is 2.84 bits per heavy atom. The summed E-state index contributed by atoms with van der Waals surface area (Å²) in [7, 11) is 1.63. The highest BCUT2D eigenvalue weighted by Gasteiger charge is 2.16. The zero-order chi connectivity index (χ0) is 13.8. The van der Waals surface area contributed by atoms with Gasteiger partial charge in [-0.1, -0.05) is 12.1 Å². The molecule has 4 nitrogen and oxygen atoms in total. The lowest BCUT2D eigenvalue weighted by Crippen LogP contribution is -2.27. The number of nitrogen functional groups attached to an aromatic ring is 1. The van der Waals surface area contributed by atoms with Crippen molar-refractivity contribution in [2.24, 2.45) is 0 Å². The van der Waals surface area contributed by atoms with E-state index >= 15 is 0 Å². The van der Waals surface area contributed by atoms with Crippen molar-refractivity contribution in [3.63, 3.8) is 0 Å². The van der Waals surface area contributed by atoms with Crippen molar-refractivity contribution in [1.29, 1.82) is 0 Å². The molecular formula is C14H14FN3O. The van der Waals surface area contributed by atoms with Gasteiger partial charge in [0, 0.05) is 19.8 Å². The summed E-state index contributed by atoms with van der Waals surface area (Å²) >= 11 is 0. The monoisotopic (exact) mass is 259 g/mol.